The third-order valence-electron chi connectivity index (χ3n) is 3.61. The molecule has 1 aromatic carbocycles. The fraction of sp³-hybridized carbons (Fsp3) is 0.538. The molecule has 0 spiro atoms. The minimum atomic E-state index is -3.67. The second-order valence-electron chi connectivity index (χ2n) is 5.25. The first-order valence-electron chi connectivity index (χ1n) is 6.53. The molecule has 1 saturated carbocycles. The summed E-state index contributed by atoms with van der Waals surface area (Å²) in [6.07, 6.45) is 2.36. The minimum Gasteiger partial charge on any atom is -0.326 e. The zero-order valence-electron chi connectivity index (χ0n) is 11.2. The van der Waals surface area contributed by atoms with Crippen LogP contribution in [-0.2, 0) is 16.6 Å². The van der Waals surface area contributed by atoms with Crippen LogP contribution in [0.3, 0.4) is 0 Å². The van der Waals surface area contributed by atoms with Crippen LogP contribution in [0, 0.1) is 11.8 Å². The maximum absolute atomic E-state index is 12.3. The summed E-state index contributed by atoms with van der Waals surface area (Å²) in [5.74, 6) is 0.962. The zero-order chi connectivity index (χ0) is 14.9. The molecule has 7 heteroatoms. The Morgan fingerprint density at radius 3 is 2.60 bits per heavy atom. The van der Waals surface area contributed by atoms with E-state index in [2.05, 4.69) is 4.72 Å². The highest BCUT2D eigenvalue weighted by Crippen LogP contribution is 2.36. The maximum atomic E-state index is 12.3. The Kier molecular flexibility index (Phi) is 4.97. The van der Waals surface area contributed by atoms with Crippen LogP contribution in [-0.4, -0.2) is 15.0 Å². The van der Waals surface area contributed by atoms with Crippen LogP contribution in [0.4, 0.5) is 0 Å². The van der Waals surface area contributed by atoms with Gasteiger partial charge in [-0.05, 0) is 42.4 Å². The second-order valence-corrected chi connectivity index (χ2v) is 7.80. The lowest BCUT2D eigenvalue weighted by Gasteiger charge is -2.14. The predicted octanol–water partition coefficient (Wildman–Crippen LogP) is 2.78. The average molecular weight is 337 g/mol. The van der Waals surface area contributed by atoms with E-state index in [1.165, 1.54) is 18.9 Å². The van der Waals surface area contributed by atoms with Gasteiger partial charge in [-0.2, -0.15) is 0 Å². The molecule has 4 nitrogen and oxygen atoms in total. The predicted molar refractivity (Wildman–Crippen MR) is 81.4 cm³/mol. The molecule has 1 unspecified atom stereocenters. The Bertz CT molecular complexity index is 601. The molecule has 1 aliphatic rings. The Labute approximate surface area is 129 Å². The molecule has 1 fully saturated rings. The number of hydrogen-bond donors (Lipinski definition) is 2. The van der Waals surface area contributed by atoms with E-state index < -0.39 is 10.0 Å². The van der Waals surface area contributed by atoms with Gasteiger partial charge >= 0.3 is 0 Å². The van der Waals surface area contributed by atoms with E-state index in [9.17, 15) is 8.42 Å². The quantitative estimate of drug-likeness (QED) is 0.838. The topological polar surface area (TPSA) is 72.2 Å². The summed E-state index contributed by atoms with van der Waals surface area (Å²) in [5, 5.41) is 0.453. The number of nitrogens with two attached hydrogens (primary N) is 1. The summed E-state index contributed by atoms with van der Waals surface area (Å²) < 4.78 is 27.3. The maximum Gasteiger partial charge on any atom is 0.242 e. The van der Waals surface area contributed by atoms with Crippen molar-refractivity contribution in [3.63, 3.8) is 0 Å². The van der Waals surface area contributed by atoms with Crippen LogP contribution in [0.25, 0.3) is 0 Å². The highest BCUT2D eigenvalue weighted by atomic mass is 35.5. The molecule has 0 saturated heterocycles. The van der Waals surface area contributed by atoms with Crippen LogP contribution in [0.5, 0.6) is 0 Å². The number of hydrogen-bond acceptors (Lipinski definition) is 3. The molecule has 1 atom stereocenters. The molecule has 3 N–H and O–H groups in total. The highest BCUT2D eigenvalue weighted by Gasteiger charge is 2.29. The number of rotatable bonds is 6. The van der Waals surface area contributed by atoms with E-state index in [-0.39, 0.29) is 16.5 Å². The highest BCUT2D eigenvalue weighted by molar-refractivity contribution is 7.89. The van der Waals surface area contributed by atoms with E-state index in [4.69, 9.17) is 28.9 Å². The van der Waals surface area contributed by atoms with E-state index in [1.807, 2.05) is 6.92 Å². The monoisotopic (exact) mass is 336 g/mol. The van der Waals surface area contributed by atoms with Gasteiger partial charge in [0.1, 0.15) is 4.90 Å². The summed E-state index contributed by atoms with van der Waals surface area (Å²) in [5.41, 5.74) is 6.07. The summed E-state index contributed by atoms with van der Waals surface area (Å²) in [6, 6.07) is 2.93. The minimum absolute atomic E-state index is 0.00452. The van der Waals surface area contributed by atoms with Gasteiger partial charge in [-0.15, -0.1) is 0 Å². The molecular weight excluding hydrogens is 319 g/mol. The standard InChI is InChI=1S/C13H18Cl2N2O2S/c1-8(9-2-3-9)7-17-20(18,19)12-5-11(14)4-10(6-16)13(12)15/h4-5,8-9,17H,2-3,6-7,16H2,1H3. The molecule has 0 aromatic heterocycles. The lowest BCUT2D eigenvalue weighted by Crippen LogP contribution is -2.29. The molecular formula is C13H18Cl2N2O2S. The Morgan fingerprint density at radius 2 is 2.05 bits per heavy atom. The molecule has 0 aliphatic heterocycles. The lowest BCUT2D eigenvalue weighted by molar-refractivity contribution is 0.492. The van der Waals surface area contributed by atoms with Crippen molar-refractivity contribution in [2.24, 2.45) is 17.6 Å². The van der Waals surface area contributed by atoms with E-state index in [0.717, 1.165) is 0 Å². The van der Waals surface area contributed by atoms with E-state index >= 15 is 0 Å². The van der Waals surface area contributed by atoms with Crippen molar-refractivity contribution in [1.82, 2.24) is 4.72 Å². The molecule has 1 aliphatic carbocycles. The molecule has 0 radical (unpaired) electrons. The fourth-order valence-electron chi connectivity index (χ4n) is 2.11. The normalized spacial score (nSPS) is 17.2. The Morgan fingerprint density at radius 1 is 1.40 bits per heavy atom. The Hall–Kier alpha value is -0.330. The average Bonchev–Trinajstić information content (AvgIpc) is 3.22. The van der Waals surface area contributed by atoms with Crippen molar-refractivity contribution in [1.29, 1.82) is 0 Å². The van der Waals surface area contributed by atoms with Gasteiger partial charge in [-0.3, -0.25) is 0 Å². The number of sulfonamides is 1. The molecule has 112 valence electrons. The first-order chi connectivity index (χ1) is 9.35. The van der Waals surface area contributed by atoms with Crippen molar-refractivity contribution in [2.45, 2.75) is 31.2 Å². The van der Waals surface area contributed by atoms with Gasteiger partial charge in [0.2, 0.25) is 10.0 Å². The van der Waals surface area contributed by atoms with Crippen molar-refractivity contribution in [2.75, 3.05) is 6.54 Å². The summed E-state index contributed by atoms with van der Waals surface area (Å²) in [4.78, 5) is -0.00452. The summed E-state index contributed by atoms with van der Waals surface area (Å²) >= 11 is 12.0. The van der Waals surface area contributed by atoms with Crippen molar-refractivity contribution in [3.05, 3.63) is 27.7 Å². The van der Waals surface area contributed by atoms with Gasteiger partial charge in [-0.25, -0.2) is 13.1 Å². The zero-order valence-corrected chi connectivity index (χ0v) is 13.5. The van der Waals surface area contributed by atoms with Crippen LogP contribution in [0.2, 0.25) is 10.0 Å². The van der Waals surface area contributed by atoms with Crippen LogP contribution in [0.15, 0.2) is 17.0 Å². The van der Waals surface area contributed by atoms with Crippen molar-refractivity contribution < 1.29 is 8.42 Å². The largest absolute Gasteiger partial charge is 0.326 e. The molecule has 0 heterocycles. The van der Waals surface area contributed by atoms with Gasteiger partial charge in [0, 0.05) is 18.1 Å². The SMILES string of the molecule is CC(CNS(=O)(=O)c1cc(Cl)cc(CN)c1Cl)C1CC1. The third kappa shape index (κ3) is 3.65. The van der Waals surface area contributed by atoms with Gasteiger partial charge in [0.25, 0.3) is 0 Å². The van der Waals surface area contributed by atoms with Crippen molar-refractivity contribution >= 4 is 33.2 Å². The third-order valence-corrected chi connectivity index (χ3v) is 5.84. The molecule has 2 rings (SSSR count). The fourth-order valence-corrected chi connectivity index (χ4v) is 4.20. The van der Waals surface area contributed by atoms with Gasteiger partial charge in [0.15, 0.2) is 0 Å². The molecule has 20 heavy (non-hydrogen) atoms. The molecule has 1 aromatic rings. The number of benzene rings is 1. The van der Waals surface area contributed by atoms with Crippen molar-refractivity contribution in [3.8, 4) is 0 Å². The van der Waals surface area contributed by atoms with E-state index in [1.54, 1.807) is 6.07 Å². The number of halogens is 2. The summed E-state index contributed by atoms with van der Waals surface area (Å²) in [6.45, 7) is 2.60. The lowest BCUT2D eigenvalue weighted by atomic mass is 10.1. The molecule has 0 bridgehead atoms. The Balaban J connectivity index is 2.22. The summed E-state index contributed by atoms with van der Waals surface area (Å²) in [7, 11) is -3.67. The smallest absolute Gasteiger partial charge is 0.242 e. The molecule has 0 amide bonds. The van der Waals surface area contributed by atoms with E-state index in [0.29, 0.717) is 29.0 Å². The first-order valence-corrected chi connectivity index (χ1v) is 8.76. The second kappa shape index (κ2) is 6.20. The van der Waals surface area contributed by atoms with Gasteiger partial charge in [0.05, 0.1) is 5.02 Å². The van der Waals surface area contributed by atoms with Crippen LogP contribution in [0.1, 0.15) is 25.3 Å². The first kappa shape index (κ1) is 16.0. The van der Waals surface area contributed by atoms with Gasteiger partial charge in [-0.1, -0.05) is 30.1 Å². The van der Waals surface area contributed by atoms with Crippen LogP contribution < -0.4 is 10.5 Å². The van der Waals surface area contributed by atoms with Crippen LogP contribution >= 0.6 is 23.2 Å². The number of nitrogens with one attached hydrogen (secondary N) is 1. The van der Waals surface area contributed by atoms with Gasteiger partial charge < -0.3 is 5.73 Å².